The summed E-state index contributed by atoms with van der Waals surface area (Å²) in [5, 5.41) is 6.23. The minimum absolute atomic E-state index is 0.0821. The molecule has 0 aromatic heterocycles. The average molecular weight is 260 g/mol. The quantitative estimate of drug-likeness (QED) is 0.872. The van der Waals surface area contributed by atoms with Crippen molar-refractivity contribution in [2.24, 2.45) is 5.92 Å². The van der Waals surface area contributed by atoms with Crippen LogP contribution < -0.4 is 10.6 Å². The lowest BCUT2D eigenvalue weighted by Gasteiger charge is -2.26. The zero-order valence-electron chi connectivity index (χ0n) is 11.4. The zero-order valence-corrected chi connectivity index (χ0v) is 11.4. The van der Waals surface area contributed by atoms with Crippen LogP contribution in [0.25, 0.3) is 0 Å². The largest absolute Gasteiger partial charge is 0.376 e. The van der Waals surface area contributed by atoms with Crippen LogP contribution in [-0.2, 0) is 16.0 Å². The van der Waals surface area contributed by atoms with Gasteiger partial charge in [0.25, 0.3) is 0 Å². The van der Waals surface area contributed by atoms with Crippen LogP contribution >= 0.6 is 0 Å². The van der Waals surface area contributed by atoms with E-state index in [1.165, 1.54) is 5.56 Å². The number of carbonyl (C=O) groups is 1. The van der Waals surface area contributed by atoms with Gasteiger partial charge in [0.1, 0.15) is 0 Å². The Morgan fingerprint density at radius 3 is 3.00 bits per heavy atom. The molecule has 4 heteroatoms. The number of rotatable bonds is 3. The molecule has 1 aromatic rings. The number of benzene rings is 1. The number of amides is 1. The van der Waals surface area contributed by atoms with E-state index in [0.717, 1.165) is 24.3 Å². The predicted octanol–water partition coefficient (Wildman–Crippen LogP) is 1.87. The second kappa shape index (κ2) is 4.94. The third-order valence-electron chi connectivity index (χ3n) is 4.20. The van der Waals surface area contributed by atoms with Gasteiger partial charge in [0.15, 0.2) is 0 Å². The van der Waals surface area contributed by atoms with Gasteiger partial charge < -0.3 is 15.4 Å². The van der Waals surface area contributed by atoms with E-state index < -0.39 is 0 Å². The molecule has 3 unspecified atom stereocenters. The maximum absolute atomic E-state index is 11.4. The fraction of sp³-hybridized carbons (Fsp3) is 0.533. The van der Waals surface area contributed by atoms with Gasteiger partial charge >= 0.3 is 0 Å². The topological polar surface area (TPSA) is 50.4 Å². The molecule has 4 nitrogen and oxygen atoms in total. The van der Waals surface area contributed by atoms with Crippen molar-refractivity contribution in [3.05, 3.63) is 29.3 Å². The number of ether oxygens (including phenoxy) is 1. The number of anilines is 1. The molecule has 2 N–H and O–H groups in total. The molecule has 102 valence electrons. The number of nitrogens with one attached hydrogen (secondary N) is 2. The van der Waals surface area contributed by atoms with Crippen molar-refractivity contribution in [2.75, 3.05) is 19.0 Å². The van der Waals surface area contributed by atoms with E-state index in [4.69, 9.17) is 4.74 Å². The van der Waals surface area contributed by atoms with E-state index in [9.17, 15) is 4.79 Å². The summed E-state index contributed by atoms with van der Waals surface area (Å²) in [6.45, 7) is 3.08. The molecule has 1 saturated heterocycles. The molecule has 2 heterocycles. The van der Waals surface area contributed by atoms with Gasteiger partial charge in [-0.25, -0.2) is 0 Å². The van der Waals surface area contributed by atoms with Crippen LogP contribution in [0.2, 0.25) is 0 Å². The Morgan fingerprint density at radius 1 is 1.47 bits per heavy atom. The van der Waals surface area contributed by atoms with Gasteiger partial charge in [-0.15, -0.1) is 0 Å². The van der Waals surface area contributed by atoms with Gasteiger partial charge in [-0.1, -0.05) is 19.1 Å². The summed E-state index contributed by atoms with van der Waals surface area (Å²) in [5.41, 5.74) is 3.24. The summed E-state index contributed by atoms with van der Waals surface area (Å²) in [4.78, 5) is 11.4. The standard InChI is InChI=1S/C15H20N2O2/c1-9-5-6-19-15(9)14(16-2)10-3-4-12-11(7-10)8-13(18)17-12/h3-4,7,9,14-16H,5-6,8H2,1-2H3,(H,17,18). The van der Waals surface area contributed by atoms with E-state index in [1.807, 2.05) is 13.1 Å². The number of carbonyl (C=O) groups excluding carboxylic acids is 1. The Kier molecular flexibility index (Phi) is 3.29. The monoisotopic (exact) mass is 260 g/mol. The molecule has 1 aromatic carbocycles. The van der Waals surface area contributed by atoms with E-state index >= 15 is 0 Å². The highest BCUT2D eigenvalue weighted by Crippen LogP contribution is 2.33. The molecule has 19 heavy (non-hydrogen) atoms. The lowest BCUT2D eigenvalue weighted by atomic mass is 9.91. The molecular formula is C15H20N2O2. The second-order valence-electron chi connectivity index (χ2n) is 5.51. The highest BCUT2D eigenvalue weighted by Gasteiger charge is 2.32. The van der Waals surface area contributed by atoms with Gasteiger partial charge in [-0.2, -0.15) is 0 Å². The molecule has 1 fully saturated rings. The molecule has 0 aliphatic carbocycles. The Morgan fingerprint density at radius 2 is 2.32 bits per heavy atom. The first-order chi connectivity index (χ1) is 9.19. The van der Waals surface area contributed by atoms with Gasteiger partial charge in [-0.05, 0) is 36.6 Å². The summed E-state index contributed by atoms with van der Waals surface area (Å²) in [5.74, 6) is 0.643. The zero-order chi connectivity index (χ0) is 13.4. The molecule has 2 aliphatic rings. The van der Waals surface area contributed by atoms with Crippen molar-refractivity contribution < 1.29 is 9.53 Å². The number of hydrogen-bond acceptors (Lipinski definition) is 3. The molecule has 2 aliphatic heterocycles. The molecule has 0 bridgehead atoms. The minimum atomic E-state index is 0.0821. The second-order valence-corrected chi connectivity index (χ2v) is 5.51. The van der Waals surface area contributed by atoms with E-state index in [0.29, 0.717) is 12.3 Å². The molecule has 3 rings (SSSR count). The van der Waals surface area contributed by atoms with Gasteiger partial charge in [0, 0.05) is 12.3 Å². The first-order valence-electron chi connectivity index (χ1n) is 6.90. The SMILES string of the molecule is CNC(c1ccc2c(c1)CC(=O)N2)C1OCCC1C. The van der Waals surface area contributed by atoms with Crippen LogP contribution in [0.3, 0.4) is 0 Å². The molecule has 0 saturated carbocycles. The Labute approximate surface area is 113 Å². The van der Waals surface area contributed by atoms with Crippen molar-refractivity contribution in [1.29, 1.82) is 0 Å². The minimum Gasteiger partial charge on any atom is -0.376 e. The fourth-order valence-corrected chi connectivity index (χ4v) is 3.11. The van der Waals surface area contributed by atoms with Crippen molar-refractivity contribution in [1.82, 2.24) is 5.32 Å². The highest BCUT2D eigenvalue weighted by atomic mass is 16.5. The van der Waals surface area contributed by atoms with Gasteiger partial charge in [0.05, 0.1) is 18.6 Å². The molecule has 1 amide bonds. The summed E-state index contributed by atoms with van der Waals surface area (Å²) >= 11 is 0. The van der Waals surface area contributed by atoms with Crippen LogP contribution in [0, 0.1) is 5.92 Å². The van der Waals surface area contributed by atoms with Gasteiger partial charge in [0.2, 0.25) is 5.91 Å². The number of fused-ring (bicyclic) bond motifs is 1. The van der Waals surface area contributed by atoms with Crippen LogP contribution in [0.1, 0.15) is 30.5 Å². The van der Waals surface area contributed by atoms with E-state index in [2.05, 4.69) is 29.7 Å². The van der Waals surface area contributed by atoms with Crippen LogP contribution in [0.4, 0.5) is 5.69 Å². The Bertz CT molecular complexity index is 501. The number of likely N-dealkylation sites (N-methyl/N-ethyl adjacent to an activating group) is 1. The smallest absolute Gasteiger partial charge is 0.228 e. The predicted molar refractivity (Wildman–Crippen MR) is 74.1 cm³/mol. The third-order valence-corrected chi connectivity index (χ3v) is 4.20. The maximum atomic E-state index is 11.4. The van der Waals surface area contributed by atoms with Crippen molar-refractivity contribution in [3.8, 4) is 0 Å². The summed E-state index contributed by atoms with van der Waals surface area (Å²) < 4.78 is 5.87. The van der Waals surface area contributed by atoms with Gasteiger partial charge in [-0.3, -0.25) is 4.79 Å². The highest BCUT2D eigenvalue weighted by molar-refractivity contribution is 5.99. The summed E-state index contributed by atoms with van der Waals surface area (Å²) in [6, 6.07) is 6.40. The first kappa shape index (κ1) is 12.6. The molecular weight excluding hydrogens is 240 g/mol. The first-order valence-corrected chi connectivity index (χ1v) is 6.90. The van der Waals surface area contributed by atoms with Crippen molar-refractivity contribution in [3.63, 3.8) is 0 Å². The third kappa shape index (κ3) is 2.26. The van der Waals surface area contributed by atoms with Crippen LogP contribution in [0.5, 0.6) is 0 Å². The van der Waals surface area contributed by atoms with Crippen molar-refractivity contribution in [2.45, 2.75) is 31.9 Å². The normalized spacial score (nSPS) is 27.2. The lowest BCUT2D eigenvalue weighted by Crippen LogP contribution is -2.32. The Hall–Kier alpha value is -1.39. The molecule has 3 atom stereocenters. The summed E-state index contributed by atoms with van der Waals surface area (Å²) in [7, 11) is 1.97. The summed E-state index contributed by atoms with van der Waals surface area (Å²) in [6.07, 6.45) is 1.82. The molecule has 0 spiro atoms. The van der Waals surface area contributed by atoms with E-state index in [1.54, 1.807) is 0 Å². The number of hydrogen-bond donors (Lipinski definition) is 2. The maximum Gasteiger partial charge on any atom is 0.228 e. The van der Waals surface area contributed by atoms with Crippen LogP contribution in [0.15, 0.2) is 18.2 Å². The van der Waals surface area contributed by atoms with E-state index in [-0.39, 0.29) is 18.1 Å². The van der Waals surface area contributed by atoms with Crippen LogP contribution in [-0.4, -0.2) is 25.7 Å². The molecule has 0 radical (unpaired) electrons. The lowest BCUT2D eigenvalue weighted by molar-refractivity contribution is -0.115. The van der Waals surface area contributed by atoms with Crippen molar-refractivity contribution >= 4 is 11.6 Å². The Balaban J connectivity index is 1.88. The average Bonchev–Trinajstić information content (AvgIpc) is 2.95. The fourth-order valence-electron chi connectivity index (χ4n) is 3.11.